The van der Waals surface area contributed by atoms with Crippen molar-refractivity contribution in [3.63, 3.8) is 0 Å². The molecule has 230 valence electrons. The maximum absolute atomic E-state index is 6.63. The van der Waals surface area contributed by atoms with Crippen LogP contribution in [0.3, 0.4) is 0 Å². The molecule has 1 N–H and O–H groups in total. The standard InChI is InChI=1S/C35H33BrClN5O3/c1-19(21-7-8-22-13-26(36)32(41-27(22)14-21)38-17-20-5-9-23(43-4)10-6-20)15-35-16-25(35)28(29-30(35)45-34(2,3)44-29)42-12-11-24-31(37)39-18-40-33(24)42/h5-15,18,25,28-30H,16-17H2,1-4H3,(H,38,41)/b19-15+/t25-,28-,29+,30+,35+/m1/s1. The summed E-state index contributed by atoms with van der Waals surface area (Å²) in [7, 11) is 1.67. The van der Waals surface area contributed by atoms with E-state index >= 15 is 0 Å². The Kier molecular flexibility index (Phi) is 6.77. The Labute approximate surface area is 274 Å². The highest BCUT2D eigenvalue weighted by Gasteiger charge is 2.75. The maximum atomic E-state index is 6.63. The Bertz CT molecular complexity index is 1990. The van der Waals surface area contributed by atoms with Crippen molar-refractivity contribution in [3.05, 3.63) is 94.0 Å². The number of nitrogens with zero attached hydrogens (tertiary/aromatic N) is 4. The molecule has 45 heavy (non-hydrogen) atoms. The number of hydrogen-bond acceptors (Lipinski definition) is 7. The van der Waals surface area contributed by atoms with Gasteiger partial charge in [0.2, 0.25) is 0 Å². The Hall–Kier alpha value is -3.50. The Morgan fingerprint density at radius 3 is 2.76 bits per heavy atom. The zero-order chi connectivity index (χ0) is 31.1. The van der Waals surface area contributed by atoms with E-state index in [9.17, 15) is 0 Å². The molecule has 2 aromatic carbocycles. The van der Waals surface area contributed by atoms with Gasteiger partial charge in [0.05, 0.1) is 34.6 Å². The molecule has 4 heterocycles. The largest absolute Gasteiger partial charge is 0.497 e. The summed E-state index contributed by atoms with van der Waals surface area (Å²) in [5.41, 5.74) is 5.12. The molecular weight excluding hydrogens is 654 g/mol. The van der Waals surface area contributed by atoms with Crippen molar-refractivity contribution in [2.75, 3.05) is 12.4 Å². The van der Waals surface area contributed by atoms with E-state index in [0.29, 0.717) is 17.6 Å². The van der Waals surface area contributed by atoms with Gasteiger partial charge < -0.3 is 24.1 Å². The normalized spacial score (nSPS) is 26.7. The monoisotopic (exact) mass is 685 g/mol. The summed E-state index contributed by atoms with van der Waals surface area (Å²) in [6, 6.07) is 18.7. The number of pyridine rings is 1. The summed E-state index contributed by atoms with van der Waals surface area (Å²) in [5.74, 6) is 1.34. The smallest absolute Gasteiger partial charge is 0.163 e. The van der Waals surface area contributed by atoms with Gasteiger partial charge in [-0.2, -0.15) is 0 Å². The lowest BCUT2D eigenvalue weighted by molar-refractivity contribution is -0.159. The van der Waals surface area contributed by atoms with Gasteiger partial charge in [-0.3, -0.25) is 0 Å². The van der Waals surface area contributed by atoms with E-state index in [1.165, 1.54) is 11.9 Å². The average Bonchev–Trinajstić information content (AvgIpc) is 3.27. The van der Waals surface area contributed by atoms with Crippen LogP contribution in [0.25, 0.3) is 27.5 Å². The van der Waals surface area contributed by atoms with E-state index in [1.54, 1.807) is 7.11 Å². The second-order valence-electron chi connectivity index (χ2n) is 12.8. The number of aromatic nitrogens is 4. The number of methoxy groups -OCH3 is 1. The van der Waals surface area contributed by atoms with Crippen molar-refractivity contribution in [1.82, 2.24) is 19.5 Å². The van der Waals surface area contributed by atoms with Crippen molar-refractivity contribution in [1.29, 1.82) is 0 Å². The molecule has 5 aromatic rings. The Morgan fingerprint density at radius 1 is 1.13 bits per heavy atom. The molecular formula is C35H33BrClN5O3. The van der Waals surface area contributed by atoms with Crippen molar-refractivity contribution in [3.8, 4) is 5.75 Å². The fraction of sp³-hybridized carbons (Fsp3) is 0.343. The molecule has 1 saturated heterocycles. The summed E-state index contributed by atoms with van der Waals surface area (Å²) < 4.78 is 21.6. The number of allylic oxidation sites excluding steroid dienone is 1. The molecule has 5 atom stereocenters. The van der Waals surface area contributed by atoms with Gasteiger partial charge in [0.15, 0.2) is 5.79 Å². The van der Waals surface area contributed by atoms with Crippen LogP contribution in [0.5, 0.6) is 5.75 Å². The van der Waals surface area contributed by atoms with Crippen LogP contribution < -0.4 is 10.1 Å². The lowest BCUT2D eigenvalue weighted by Crippen LogP contribution is -2.31. The predicted octanol–water partition coefficient (Wildman–Crippen LogP) is 8.20. The zero-order valence-electron chi connectivity index (χ0n) is 25.4. The van der Waals surface area contributed by atoms with Gasteiger partial charge in [-0.1, -0.05) is 41.9 Å². The average molecular weight is 687 g/mol. The van der Waals surface area contributed by atoms with Crippen LogP contribution in [0, 0.1) is 11.3 Å². The molecule has 3 fully saturated rings. The Balaban J connectivity index is 1.10. The van der Waals surface area contributed by atoms with Crippen LogP contribution in [0.15, 0.2) is 77.7 Å². The van der Waals surface area contributed by atoms with E-state index in [1.807, 2.05) is 32.0 Å². The molecule has 8 rings (SSSR count). The van der Waals surface area contributed by atoms with Crippen molar-refractivity contribution in [2.45, 2.75) is 57.8 Å². The fourth-order valence-corrected chi connectivity index (χ4v) is 8.14. The topological polar surface area (TPSA) is 83.3 Å². The minimum absolute atomic E-state index is 0.0597. The number of anilines is 1. The molecule has 10 heteroatoms. The third-order valence-electron chi connectivity index (χ3n) is 9.62. The molecule has 0 unspecified atom stereocenters. The highest BCUT2D eigenvalue weighted by molar-refractivity contribution is 9.10. The van der Waals surface area contributed by atoms with Crippen LogP contribution in [0.1, 0.15) is 44.4 Å². The molecule has 0 bridgehead atoms. The summed E-state index contributed by atoms with van der Waals surface area (Å²) in [4.78, 5) is 13.8. The lowest BCUT2D eigenvalue weighted by Gasteiger charge is -2.24. The van der Waals surface area contributed by atoms with E-state index in [-0.39, 0.29) is 23.7 Å². The van der Waals surface area contributed by atoms with Crippen molar-refractivity contribution >= 4 is 60.9 Å². The summed E-state index contributed by atoms with van der Waals surface area (Å²) in [6.45, 7) is 6.85. The molecule has 3 aromatic heterocycles. The van der Waals surface area contributed by atoms with E-state index < -0.39 is 5.79 Å². The molecule has 8 nitrogen and oxygen atoms in total. The first-order chi connectivity index (χ1) is 21.7. The van der Waals surface area contributed by atoms with E-state index in [2.05, 4.69) is 91.4 Å². The number of nitrogens with one attached hydrogen (secondary N) is 1. The van der Waals surface area contributed by atoms with Crippen LogP contribution in [0.4, 0.5) is 5.82 Å². The lowest BCUT2D eigenvalue weighted by atomic mass is 9.93. The Morgan fingerprint density at radius 2 is 1.96 bits per heavy atom. The van der Waals surface area contributed by atoms with Gasteiger partial charge in [0.25, 0.3) is 0 Å². The predicted molar refractivity (Wildman–Crippen MR) is 179 cm³/mol. The van der Waals surface area contributed by atoms with Crippen LogP contribution in [-0.2, 0) is 16.0 Å². The van der Waals surface area contributed by atoms with Gasteiger partial charge in [-0.05, 0) is 96.1 Å². The molecule has 0 amide bonds. The molecule has 2 aliphatic carbocycles. The number of ether oxygens (including phenoxy) is 3. The fourth-order valence-electron chi connectivity index (χ4n) is 7.48. The molecule has 1 aliphatic heterocycles. The highest BCUT2D eigenvalue weighted by atomic mass is 79.9. The minimum Gasteiger partial charge on any atom is -0.497 e. The first-order valence-electron chi connectivity index (χ1n) is 15.2. The number of halogens is 2. The molecule has 0 radical (unpaired) electrons. The third kappa shape index (κ3) is 4.83. The maximum Gasteiger partial charge on any atom is 0.163 e. The minimum atomic E-state index is -0.666. The number of hydrogen-bond donors (Lipinski definition) is 1. The first kappa shape index (κ1) is 28.9. The van der Waals surface area contributed by atoms with Gasteiger partial charge >= 0.3 is 0 Å². The van der Waals surface area contributed by atoms with Gasteiger partial charge in [-0.15, -0.1) is 0 Å². The van der Waals surface area contributed by atoms with Gasteiger partial charge in [0, 0.05) is 23.5 Å². The number of rotatable bonds is 7. The van der Waals surface area contributed by atoms with Crippen molar-refractivity contribution in [2.24, 2.45) is 11.3 Å². The van der Waals surface area contributed by atoms with E-state index in [0.717, 1.165) is 55.5 Å². The second kappa shape index (κ2) is 10.5. The van der Waals surface area contributed by atoms with Crippen LogP contribution in [0.2, 0.25) is 5.15 Å². The zero-order valence-corrected chi connectivity index (χ0v) is 27.8. The molecule has 0 spiro atoms. The van der Waals surface area contributed by atoms with Crippen LogP contribution in [-0.4, -0.2) is 44.6 Å². The molecule has 2 saturated carbocycles. The first-order valence-corrected chi connectivity index (χ1v) is 16.3. The summed E-state index contributed by atoms with van der Waals surface area (Å²) >= 11 is 10.1. The van der Waals surface area contributed by atoms with E-state index in [4.69, 9.17) is 30.8 Å². The summed E-state index contributed by atoms with van der Waals surface area (Å²) in [5, 5.41) is 5.88. The third-order valence-corrected chi connectivity index (χ3v) is 10.5. The van der Waals surface area contributed by atoms with Crippen LogP contribution >= 0.6 is 27.5 Å². The number of fused-ring (bicyclic) bond motifs is 5. The summed E-state index contributed by atoms with van der Waals surface area (Å²) in [6.07, 6.45) is 6.89. The molecule has 3 aliphatic rings. The van der Waals surface area contributed by atoms with Gasteiger partial charge in [-0.25, -0.2) is 15.0 Å². The second-order valence-corrected chi connectivity index (χ2v) is 14.0. The SMILES string of the molecule is COc1ccc(CNc2nc3cc(/C(C)=C/[C@]45C[C@@H]4[C@@H](n4ccc6c(Cl)ncnc64)[C@@H]4OC(C)(C)O[C@@H]45)ccc3cc2Br)cc1. The highest BCUT2D eigenvalue weighted by Crippen LogP contribution is 2.72. The quantitative estimate of drug-likeness (QED) is 0.173. The number of benzene rings is 2. The van der Waals surface area contributed by atoms with Gasteiger partial charge in [0.1, 0.15) is 34.8 Å². The van der Waals surface area contributed by atoms with Crippen molar-refractivity contribution < 1.29 is 14.2 Å².